The molecule has 0 bridgehead atoms. The zero-order valence-electron chi connectivity index (χ0n) is 7.72. The quantitative estimate of drug-likeness (QED) is 0.393. The molecule has 0 aliphatic heterocycles. The second-order valence-corrected chi connectivity index (χ2v) is 4.42. The van der Waals surface area contributed by atoms with E-state index in [0.29, 0.717) is 6.20 Å². The number of nitro groups is 1. The van der Waals surface area contributed by atoms with Crippen LogP contribution >= 0.6 is 7.60 Å². The Labute approximate surface area is 76.2 Å². The molecule has 7 heteroatoms. The molecule has 0 amide bonds. The maximum Gasteiger partial charge on any atom is 0.363 e. The topological polar surface area (TPSA) is 78.7 Å². The molecule has 0 aliphatic carbocycles. The molecule has 76 valence electrons. The minimum Gasteiger partial charge on any atom is -0.309 e. The van der Waals surface area contributed by atoms with E-state index >= 15 is 0 Å². The van der Waals surface area contributed by atoms with Gasteiger partial charge in [-0.05, 0) is 6.42 Å². The van der Waals surface area contributed by atoms with E-state index in [0.717, 1.165) is 0 Å². The average molecular weight is 209 g/mol. The van der Waals surface area contributed by atoms with Gasteiger partial charge in [0.05, 0.1) is 4.92 Å². The van der Waals surface area contributed by atoms with Crippen molar-refractivity contribution in [3.63, 3.8) is 0 Å². The van der Waals surface area contributed by atoms with Crippen molar-refractivity contribution in [3.8, 4) is 0 Å². The predicted octanol–water partition coefficient (Wildman–Crippen LogP) is 2.00. The molecular formula is C6H12NO5P. The highest BCUT2D eigenvalue weighted by Gasteiger charge is 2.28. The Morgan fingerprint density at radius 3 is 2.23 bits per heavy atom. The average Bonchev–Trinajstić information content (AvgIpc) is 2.12. The van der Waals surface area contributed by atoms with Gasteiger partial charge in [-0.15, -0.1) is 0 Å². The van der Waals surface area contributed by atoms with Crippen LogP contribution in [0.2, 0.25) is 0 Å². The summed E-state index contributed by atoms with van der Waals surface area (Å²) in [4.78, 5) is 9.47. The Kier molecular flexibility index (Phi) is 4.83. The molecule has 0 radical (unpaired) electrons. The van der Waals surface area contributed by atoms with Crippen molar-refractivity contribution in [2.24, 2.45) is 0 Å². The van der Waals surface area contributed by atoms with Crippen LogP contribution in [0.3, 0.4) is 0 Å². The van der Waals surface area contributed by atoms with E-state index in [4.69, 9.17) is 0 Å². The molecule has 0 saturated heterocycles. The van der Waals surface area contributed by atoms with Gasteiger partial charge in [-0.3, -0.25) is 14.7 Å². The third-order valence-electron chi connectivity index (χ3n) is 1.45. The fourth-order valence-electron chi connectivity index (χ4n) is 0.786. The zero-order valence-corrected chi connectivity index (χ0v) is 8.61. The summed E-state index contributed by atoms with van der Waals surface area (Å²) in [5, 5.41) is 10.2. The molecule has 0 aliphatic rings. The van der Waals surface area contributed by atoms with Crippen LogP contribution in [0.1, 0.15) is 13.3 Å². The highest BCUT2D eigenvalue weighted by molar-refractivity contribution is 7.58. The zero-order chi connectivity index (χ0) is 10.5. The lowest BCUT2D eigenvalue weighted by atomic mass is 10.5. The summed E-state index contributed by atoms with van der Waals surface area (Å²) in [6.07, 6.45) is 0.910. The first-order valence-electron chi connectivity index (χ1n) is 3.56. The van der Waals surface area contributed by atoms with Crippen molar-refractivity contribution < 1.29 is 18.5 Å². The van der Waals surface area contributed by atoms with Gasteiger partial charge in [-0.25, -0.2) is 0 Å². The Bertz CT molecular complexity index is 254. The maximum absolute atomic E-state index is 11.6. The summed E-state index contributed by atoms with van der Waals surface area (Å²) in [6, 6.07) is 0. The molecule has 0 aromatic heterocycles. The van der Waals surface area contributed by atoms with Crippen LogP contribution in [0.25, 0.3) is 0 Å². The van der Waals surface area contributed by atoms with Gasteiger partial charge in [-0.1, -0.05) is 6.92 Å². The van der Waals surface area contributed by atoms with Crippen LogP contribution in [0.5, 0.6) is 0 Å². The molecule has 0 spiro atoms. The smallest absolute Gasteiger partial charge is 0.309 e. The van der Waals surface area contributed by atoms with Crippen LogP contribution in [0.4, 0.5) is 0 Å². The van der Waals surface area contributed by atoms with Crippen LogP contribution in [-0.2, 0) is 13.6 Å². The van der Waals surface area contributed by atoms with Crippen LogP contribution in [0.15, 0.2) is 11.5 Å². The lowest BCUT2D eigenvalue weighted by Crippen LogP contribution is -1.96. The Balaban J connectivity index is 4.95. The highest BCUT2D eigenvalue weighted by atomic mass is 31.2. The SMILES string of the molecule is CC/C(=C/[N+](=O)[O-])P(=O)(OC)OC. The van der Waals surface area contributed by atoms with Gasteiger partial charge >= 0.3 is 7.60 Å². The Hall–Kier alpha value is -0.710. The molecule has 0 fully saturated rings. The molecule has 0 rings (SSSR count). The monoisotopic (exact) mass is 209 g/mol. The first kappa shape index (κ1) is 12.3. The third-order valence-corrected chi connectivity index (χ3v) is 3.55. The molecular weight excluding hydrogens is 197 g/mol. The number of hydrogen-bond donors (Lipinski definition) is 0. The summed E-state index contributed by atoms with van der Waals surface area (Å²) in [5.41, 5.74) is 0. The van der Waals surface area contributed by atoms with Crippen molar-refractivity contribution in [1.29, 1.82) is 0 Å². The predicted molar refractivity (Wildman–Crippen MR) is 47.0 cm³/mol. The van der Waals surface area contributed by atoms with Gasteiger partial charge in [0.1, 0.15) is 5.31 Å². The van der Waals surface area contributed by atoms with E-state index in [2.05, 4.69) is 9.05 Å². The van der Waals surface area contributed by atoms with Crippen molar-refractivity contribution >= 4 is 7.60 Å². The van der Waals surface area contributed by atoms with Crippen molar-refractivity contribution in [2.75, 3.05) is 14.2 Å². The number of nitrogens with zero attached hydrogens (tertiary/aromatic N) is 1. The molecule has 0 unspecified atom stereocenters. The maximum atomic E-state index is 11.6. The standard InChI is InChI=1S/C6H12NO5P/c1-4-6(5-7(8)9)13(10,11-2)12-3/h5H,4H2,1-3H3/b6-5-. The van der Waals surface area contributed by atoms with E-state index in [1.165, 1.54) is 14.2 Å². The highest BCUT2D eigenvalue weighted by Crippen LogP contribution is 2.55. The lowest BCUT2D eigenvalue weighted by Gasteiger charge is -2.13. The molecule has 6 nitrogen and oxygen atoms in total. The van der Waals surface area contributed by atoms with E-state index < -0.39 is 12.5 Å². The number of hydrogen-bond acceptors (Lipinski definition) is 5. The van der Waals surface area contributed by atoms with Gasteiger partial charge in [-0.2, -0.15) is 0 Å². The van der Waals surface area contributed by atoms with Gasteiger partial charge in [0.2, 0.25) is 6.20 Å². The molecule has 13 heavy (non-hydrogen) atoms. The van der Waals surface area contributed by atoms with E-state index in [1.807, 2.05) is 0 Å². The van der Waals surface area contributed by atoms with E-state index in [9.17, 15) is 14.7 Å². The van der Waals surface area contributed by atoms with Gasteiger partial charge < -0.3 is 9.05 Å². The lowest BCUT2D eigenvalue weighted by molar-refractivity contribution is -0.403. The van der Waals surface area contributed by atoms with Crippen molar-refractivity contribution in [2.45, 2.75) is 13.3 Å². The van der Waals surface area contributed by atoms with Crippen molar-refractivity contribution in [3.05, 3.63) is 21.6 Å². The minimum absolute atomic E-state index is 0.0579. The molecule has 0 aromatic rings. The van der Waals surface area contributed by atoms with E-state index in [1.54, 1.807) is 6.92 Å². The fraction of sp³-hybridized carbons (Fsp3) is 0.667. The van der Waals surface area contributed by atoms with Crippen LogP contribution < -0.4 is 0 Å². The number of allylic oxidation sites excluding steroid dienone is 1. The first-order chi connectivity index (χ1) is 6.00. The second kappa shape index (κ2) is 5.11. The first-order valence-corrected chi connectivity index (χ1v) is 5.10. The molecule has 0 saturated carbocycles. The molecule has 0 aromatic carbocycles. The Morgan fingerprint density at radius 2 is 2.00 bits per heavy atom. The molecule has 0 heterocycles. The van der Waals surface area contributed by atoms with Crippen LogP contribution in [0, 0.1) is 10.1 Å². The summed E-state index contributed by atoms with van der Waals surface area (Å²) in [6.45, 7) is 1.64. The molecule has 0 N–H and O–H groups in total. The summed E-state index contributed by atoms with van der Waals surface area (Å²) >= 11 is 0. The van der Waals surface area contributed by atoms with Gasteiger partial charge in [0, 0.05) is 14.2 Å². The minimum atomic E-state index is -3.43. The Morgan fingerprint density at radius 1 is 1.54 bits per heavy atom. The molecule has 0 atom stereocenters. The summed E-state index contributed by atoms with van der Waals surface area (Å²) < 4.78 is 20.8. The van der Waals surface area contributed by atoms with Crippen molar-refractivity contribution in [1.82, 2.24) is 0 Å². The summed E-state index contributed by atoms with van der Waals surface area (Å²) in [7, 11) is -1.05. The third kappa shape index (κ3) is 3.26. The van der Waals surface area contributed by atoms with Crippen LogP contribution in [-0.4, -0.2) is 19.1 Å². The van der Waals surface area contributed by atoms with Gasteiger partial charge in [0.15, 0.2) is 0 Å². The number of rotatable bonds is 5. The summed E-state index contributed by atoms with van der Waals surface area (Å²) in [5.74, 6) is 0. The van der Waals surface area contributed by atoms with E-state index in [-0.39, 0.29) is 11.7 Å². The largest absolute Gasteiger partial charge is 0.363 e. The van der Waals surface area contributed by atoms with Gasteiger partial charge in [0.25, 0.3) is 0 Å². The fourth-order valence-corrected chi connectivity index (χ4v) is 2.03. The normalized spacial score (nSPS) is 13.0. The second-order valence-electron chi connectivity index (χ2n) is 2.12.